The lowest BCUT2D eigenvalue weighted by molar-refractivity contribution is 0.581. The van der Waals surface area contributed by atoms with Gasteiger partial charge in [-0.2, -0.15) is 0 Å². The average Bonchev–Trinajstić information content (AvgIpc) is 2.35. The Morgan fingerprint density at radius 1 is 0.818 bits per heavy atom. The Kier molecular flexibility index (Phi) is 5.03. The molecule has 4 heteroatoms. The van der Waals surface area contributed by atoms with Crippen LogP contribution in [0.15, 0.2) is 30.3 Å². The molecule has 0 aromatic heterocycles. The van der Waals surface area contributed by atoms with Crippen molar-refractivity contribution in [3.63, 3.8) is 0 Å². The molecular formula is C18H23Cl2OP. The SMILES string of the molecule is CC(C)(C)c1cc(OP(Cl)Cl)c2cc(C(C)(C)C)ccc2c1. The molecule has 0 radical (unpaired) electrons. The van der Waals surface area contributed by atoms with Crippen LogP contribution in [0.4, 0.5) is 0 Å². The van der Waals surface area contributed by atoms with Crippen LogP contribution in [-0.2, 0) is 10.8 Å². The maximum Gasteiger partial charge on any atom is 0.284 e. The summed E-state index contributed by atoms with van der Waals surface area (Å²) in [6.45, 7) is 11.7. The molecule has 120 valence electrons. The van der Waals surface area contributed by atoms with Gasteiger partial charge in [-0.05, 0) is 62.0 Å². The van der Waals surface area contributed by atoms with Crippen molar-refractivity contribution in [2.45, 2.75) is 52.4 Å². The second-order valence-electron chi connectivity index (χ2n) is 7.70. The highest BCUT2D eigenvalue weighted by Gasteiger charge is 2.20. The number of rotatable bonds is 2. The predicted octanol–water partition coefficient (Wildman–Crippen LogP) is 7.52. The van der Waals surface area contributed by atoms with Crippen LogP contribution in [-0.4, -0.2) is 0 Å². The van der Waals surface area contributed by atoms with Crippen molar-refractivity contribution in [3.8, 4) is 5.75 Å². The first-order chi connectivity index (χ1) is 9.98. The number of fused-ring (bicyclic) bond motifs is 1. The molecular weight excluding hydrogens is 334 g/mol. The summed E-state index contributed by atoms with van der Waals surface area (Å²) >= 11 is 11.8. The van der Waals surface area contributed by atoms with Crippen LogP contribution >= 0.6 is 29.3 Å². The molecule has 2 aromatic rings. The Hall–Kier alpha value is -0.490. The normalized spacial score (nSPS) is 13.0. The molecule has 0 spiro atoms. The molecule has 22 heavy (non-hydrogen) atoms. The number of halogens is 2. The molecule has 0 amide bonds. The third-order valence-corrected chi connectivity index (χ3v) is 4.56. The Balaban J connectivity index is 2.71. The van der Waals surface area contributed by atoms with Crippen LogP contribution in [0.25, 0.3) is 10.8 Å². The minimum absolute atomic E-state index is 0.0381. The van der Waals surface area contributed by atoms with Crippen molar-refractivity contribution in [2.24, 2.45) is 0 Å². The van der Waals surface area contributed by atoms with E-state index >= 15 is 0 Å². The van der Waals surface area contributed by atoms with Gasteiger partial charge in [0.15, 0.2) is 0 Å². The average molecular weight is 357 g/mol. The molecule has 0 N–H and O–H groups in total. The first-order valence-electron chi connectivity index (χ1n) is 7.37. The molecule has 0 saturated carbocycles. The Labute approximate surface area is 144 Å². The predicted molar refractivity (Wildman–Crippen MR) is 101 cm³/mol. The van der Waals surface area contributed by atoms with Gasteiger partial charge in [0, 0.05) is 5.39 Å². The maximum atomic E-state index is 5.92. The second-order valence-corrected chi connectivity index (χ2v) is 10.7. The summed E-state index contributed by atoms with van der Waals surface area (Å²) in [6, 6.07) is 10.8. The van der Waals surface area contributed by atoms with Gasteiger partial charge in [0.2, 0.25) is 0 Å². The molecule has 0 atom stereocenters. The molecule has 0 saturated heterocycles. The summed E-state index contributed by atoms with van der Waals surface area (Å²) in [5, 5.41) is 2.22. The van der Waals surface area contributed by atoms with Crippen molar-refractivity contribution < 1.29 is 4.52 Å². The van der Waals surface area contributed by atoms with E-state index in [2.05, 4.69) is 71.9 Å². The van der Waals surface area contributed by atoms with Gasteiger partial charge in [0.1, 0.15) is 5.75 Å². The fraction of sp³-hybridized carbons (Fsp3) is 0.444. The molecule has 0 unspecified atom stereocenters. The van der Waals surface area contributed by atoms with Crippen molar-refractivity contribution >= 4 is 40.1 Å². The van der Waals surface area contributed by atoms with E-state index in [1.54, 1.807) is 0 Å². The lowest BCUT2D eigenvalue weighted by atomic mass is 9.83. The van der Waals surface area contributed by atoms with E-state index < -0.39 is 6.85 Å². The fourth-order valence-electron chi connectivity index (χ4n) is 2.37. The van der Waals surface area contributed by atoms with Gasteiger partial charge in [-0.3, -0.25) is 0 Å². The molecule has 0 aliphatic heterocycles. The highest BCUT2D eigenvalue weighted by Crippen LogP contribution is 2.50. The molecule has 0 aliphatic rings. The van der Waals surface area contributed by atoms with E-state index in [4.69, 9.17) is 27.0 Å². The van der Waals surface area contributed by atoms with E-state index in [1.165, 1.54) is 11.1 Å². The number of benzene rings is 2. The molecule has 0 bridgehead atoms. The Morgan fingerprint density at radius 2 is 1.41 bits per heavy atom. The lowest BCUT2D eigenvalue weighted by Gasteiger charge is -2.23. The van der Waals surface area contributed by atoms with Crippen molar-refractivity contribution in [2.75, 3.05) is 0 Å². The van der Waals surface area contributed by atoms with Gasteiger partial charge in [0.05, 0.1) is 0 Å². The van der Waals surface area contributed by atoms with Crippen molar-refractivity contribution in [1.29, 1.82) is 0 Å². The topological polar surface area (TPSA) is 9.23 Å². The quantitative estimate of drug-likeness (QED) is 0.505. The van der Waals surface area contributed by atoms with Crippen LogP contribution in [0.2, 0.25) is 0 Å². The van der Waals surface area contributed by atoms with Crippen LogP contribution in [0, 0.1) is 0 Å². The van der Waals surface area contributed by atoms with E-state index in [0.29, 0.717) is 0 Å². The standard InChI is InChI=1S/C18H23Cl2OP/c1-17(2,3)13-8-7-12-9-14(18(4,5)6)11-16(15(12)10-13)21-22(19)20/h7-11H,1-6H3. The molecule has 0 aliphatic carbocycles. The Bertz CT molecular complexity index is 682. The summed E-state index contributed by atoms with van der Waals surface area (Å²) in [5.41, 5.74) is 2.60. The minimum Gasteiger partial charge on any atom is -0.444 e. The van der Waals surface area contributed by atoms with Gasteiger partial charge in [-0.15, -0.1) is 0 Å². The van der Waals surface area contributed by atoms with Gasteiger partial charge < -0.3 is 4.52 Å². The summed E-state index contributed by atoms with van der Waals surface area (Å²) in [7, 11) is 0. The third kappa shape index (κ3) is 4.07. The van der Waals surface area contributed by atoms with Gasteiger partial charge >= 0.3 is 0 Å². The van der Waals surface area contributed by atoms with Crippen LogP contribution in [0.5, 0.6) is 5.75 Å². The third-order valence-electron chi connectivity index (χ3n) is 3.82. The zero-order chi connectivity index (χ0) is 16.7. The molecule has 1 nitrogen and oxygen atoms in total. The van der Waals surface area contributed by atoms with Crippen LogP contribution in [0.1, 0.15) is 52.7 Å². The van der Waals surface area contributed by atoms with E-state index in [1.807, 2.05) is 0 Å². The molecule has 2 rings (SSSR count). The number of hydrogen-bond acceptors (Lipinski definition) is 1. The van der Waals surface area contributed by atoms with Gasteiger partial charge in [0.25, 0.3) is 6.85 Å². The largest absolute Gasteiger partial charge is 0.444 e. The monoisotopic (exact) mass is 356 g/mol. The smallest absolute Gasteiger partial charge is 0.284 e. The Morgan fingerprint density at radius 3 is 1.91 bits per heavy atom. The fourth-order valence-corrected chi connectivity index (χ4v) is 3.12. The highest BCUT2D eigenvalue weighted by atomic mass is 35.9. The summed E-state index contributed by atoms with van der Waals surface area (Å²) in [6.07, 6.45) is 0. The van der Waals surface area contributed by atoms with Crippen LogP contribution < -0.4 is 4.52 Å². The van der Waals surface area contributed by atoms with E-state index in [0.717, 1.165) is 16.5 Å². The zero-order valence-corrected chi connectivity index (χ0v) is 16.4. The zero-order valence-electron chi connectivity index (χ0n) is 14.0. The van der Waals surface area contributed by atoms with Crippen LogP contribution in [0.3, 0.4) is 0 Å². The lowest BCUT2D eigenvalue weighted by Crippen LogP contribution is -2.12. The maximum absolute atomic E-state index is 5.92. The van der Waals surface area contributed by atoms with Gasteiger partial charge in [-0.1, -0.05) is 59.7 Å². The minimum atomic E-state index is -1.49. The van der Waals surface area contributed by atoms with E-state index in [-0.39, 0.29) is 10.8 Å². The van der Waals surface area contributed by atoms with Crippen molar-refractivity contribution in [3.05, 3.63) is 41.5 Å². The summed E-state index contributed by atoms with van der Waals surface area (Å²) < 4.78 is 5.73. The summed E-state index contributed by atoms with van der Waals surface area (Å²) in [5.74, 6) is 0.768. The van der Waals surface area contributed by atoms with Gasteiger partial charge in [-0.25, -0.2) is 0 Å². The first kappa shape index (κ1) is 17.9. The second kappa shape index (κ2) is 6.19. The van der Waals surface area contributed by atoms with Crippen molar-refractivity contribution in [1.82, 2.24) is 0 Å². The highest BCUT2D eigenvalue weighted by molar-refractivity contribution is 8.00. The molecule has 0 heterocycles. The van der Waals surface area contributed by atoms with E-state index in [9.17, 15) is 0 Å². The molecule has 0 fully saturated rings. The summed E-state index contributed by atoms with van der Waals surface area (Å²) in [4.78, 5) is 0. The molecule has 2 aromatic carbocycles. The first-order valence-corrected chi connectivity index (χ1v) is 10.4. The number of hydrogen-bond donors (Lipinski definition) is 0.